The first-order chi connectivity index (χ1) is 11.6. The molecule has 5 heteroatoms. The lowest BCUT2D eigenvalue weighted by molar-refractivity contribution is -0.114. The Bertz CT molecular complexity index is 669. The van der Waals surface area contributed by atoms with Gasteiger partial charge in [-0.2, -0.15) is 0 Å². The van der Waals surface area contributed by atoms with Crippen molar-refractivity contribution in [1.82, 2.24) is 5.32 Å². The molecule has 0 aliphatic carbocycles. The molecule has 0 aliphatic rings. The summed E-state index contributed by atoms with van der Waals surface area (Å²) in [7, 11) is 0. The van der Waals surface area contributed by atoms with E-state index < -0.39 is 0 Å². The first-order valence-electron chi connectivity index (χ1n) is 8.06. The number of urea groups is 1. The minimum atomic E-state index is -0.239. The van der Waals surface area contributed by atoms with Gasteiger partial charge in [0, 0.05) is 30.8 Å². The lowest BCUT2D eigenvalue weighted by atomic mass is 9.97. The Morgan fingerprint density at radius 1 is 0.917 bits per heavy atom. The third-order valence-electron chi connectivity index (χ3n) is 3.74. The van der Waals surface area contributed by atoms with Crippen molar-refractivity contribution in [2.24, 2.45) is 0 Å². The van der Waals surface area contributed by atoms with E-state index in [0.29, 0.717) is 23.8 Å². The van der Waals surface area contributed by atoms with Gasteiger partial charge in [-0.05, 0) is 36.2 Å². The summed E-state index contributed by atoms with van der Waals surface area (Å²) < 4.78 is 0. The lowest BCUT2D eigenvalue weighted by Crippen LogP contribution is -2.32. The van der Waals surface area contributed by atoms with Gasteiger partial charge in [0.1, 0.15) is 0 Å². The summed E-state index contributed by atoms with van der Waals surface area (Å²) in [5.41, 5.74) is 2.60. The van der Waals surface area contributed by atoms with Crippen LogP contribution in [0.5, 0.6) is 0 Å². The number of hydrogen-bond donors (Lipinski definition) is 3. The maximum Gasteiger partial charge on any atom is 0.319 e. The Morgan fingerprint density at radius 2 is 1.50 bits per heavy atom. The standard InChI is InChI=1S/C19H23N3O2/c1-3-15(16-7-5-4-6-8-16)13-20-19(24)22-18-11-9-17(10-12-18)21-14(2)23/h4-12,15H,3,13H2,1-2H3,(H,21,23)(H2,20,22,24). The van der Waals surface area contributed by atoms with Gasteiger partial charge in [0.15, 0.2) is 0 Å². The summed E-state index contributed by atoms with van der Waals surface area (Å²) >= 11 is 0. The molecule has 2 aromatic carbocycles. The van der Waals surface area contributed by atoms with E-state index in [2.05, 4.69) is 35.0 Å². The molecular weight excluding hydrogens is 302 g/mol. The van der Waals surface area contributed by atoms with Crippen LogP contribution in [-0.4, -0.2) is 18.5 Å². The van der Waals surface area contributed by atoms with Crippen molar-refractivity contribution >= 4 is 23.3 Å². The monoisotopic (exact) mass is 325 g/mol. The van der Waals surface area contributed by atoms with Gasteiger partial charge < -0.3 is 16.0 Å². The van der Waals surface area contributed by atoms with Crippen LogP contribution in [0.15, 0.2) is 54.6 Å². The minimum absolute atomic E-state index is 0.125. The van der Waals surface area contributed by atoms with Crippen molar-refractivity contribution < 1.29 is 9.59 Å². The maximum atomic E-state index is 12.0. The Hall–Kier alpha value is -2.82. The zero-order chi connectivity index (χ0) is 17.4. The van der Waals surface area contributed by atoms with Gasteiger partial charge in [-0.25, -0.2) is 4.79 Å². The third kappa shape index (κ3) is 5.43. The van der Waals surface area contributed by atoms with Crippen molar-refractivity contribution in [2.45, 2.75) is 26.2 Å². The Balaban J connectivity index is 1.85. The molecule has 1 atom stereocenters. The number of anilines is 2. The van der Waals surface area contributed by atoms with Crippen LogP contribution in [0.3, 0.4) is 0 Å². The number of nitrogens with one attached hydrogen (secondary N) is 3. The highest BCUT2D eigenvalue weighted by Crippen LogP contribution is 2.18. The molecule has 0 heterocycles. The summed E-state index contributed by atoms with van der Waals surface area (Å²) in [4.78, 5) is 23.0. The van der Waals surface area contributed by atoms with Crippen LogP contribution in [-0.2, 0) is 4.79 Å². The molecule has 0 radical (unpaired) electrons. The molecule has 126 valence electrons. The van der Waals surface area contributed by atoms with E-state index in [4.69, 9.17) is 0 Å². The second-order valence-electron chi connectivity index (χ2n) is 5.61. The summed E-state index contributed by atoms with van der Waals surface area (Å²) in [5, 5.41) is 8.38. The van der Waals surface area contributed by atoms with Crippen LogP contribution in [0.4, 0.5) is 16.2 Å². The highest BCUT2D eigenvalue weighted by atomic mass is 16.2. The van der Waals surface area contributed by atoms with E-state index in [1.54, 1.807) is 24.3 Å². The van der Waals surface area contributed by atoms with E-state index in [-0.39, 0.29) is 11.9 Å². The summed E-state index contributed by atoms with van der Waals surface area (Å²) in [5.74, 6) is 0.166. The maximum absolute atomic E-state index is 12.0. The van der Waals surface area contributed by atoms with Gasteiger partial charge in [0.2, 0.25) is 5.91 Å². The van der Waals surface area contributed by atoms with E-state index >= 15 is 0 Å². The molecule has 0 aliphatic heterocycles. The average Bonchev–Trinajstić information content (AvgIpc) is 2.58. The normalized spacial score (nSPS) is 11.4. The number of amides is 3. The van der Waals surface area contributed by atoms with Crippen molar-refractivity contribution in [1.29, 1.82) is 0 Å². The van der Waals surface area contributed by atoms with Gasteiger partial charge in [-0.15, -0.1) is 0 Å². The number of benzene rings is 2. The topological polar surface area (TPSA) is 70.2 Å². The van der Waals surface area contributed by atoms with Crippen LogP contribution in [0.1, 0.15) is 31.7 Å². The molecule has 2 aromatic rings. The molecule has 24 heavy (non-hydrogen) atoms. The van der Waals surface area contributed by atoms with Crippen LogP contribution >= 0.6 is 0 Å². The van der Waals surface area contributed by atoms with E-state index in [9.17, 15) is 9.59 Å². The number of carbonyl (C=O) groups is 2. The predicted molar refractivity (Wildman–Crippen MR) is 97.2 cm³/mol. The van der Waals surface area contributed by atoms with E-state index in [0.717, 1.165) is 6.42 Å². The first kappa shape index (κ1) is 17.5. The molecule has 3 N–H and O–H groups in total. The van der Waals surface area contributed by atoms with Crippen molar-refractivity contribution in [3.05, 3.63) is 60.2 Å². The lowest BCUT2D eigenvalue weighted by Gasteiger charge is -2.16. The Morgan fingerprint density at radius 3 is 2.04 bits per heavy atom. The van der Waals surface area contributed by atoms with Gasteiger partial charge in [-0.3, -0.25) is 4.79 Å². The average molecular weight is 325 g/mol. The van der Waals surface area contributed by atoms with E-state index in [1.807, 2.05) is 18.2 Å². The minimum Gasteiger partial charge on any atom is -0.337 e. The fourth-order valence-corrected chi connectivity index (χ4v) is 2.45. The van der Waals surface area contributed by atoms with Crippen molar-refractivity contribution in [3.8, 4) is 0 Å². The fourth-order valence-electron chi connectivity index (χ4n) is 2.45. The molecule has 0 fully saturated rings. The summed E-state index contributed by atoms with van der Waals surface area (Å²) in [6.07, 6.45) is 0.954. The highest BCUT2D eigenvalue weighted by Gasteiger charge is 2.10. The molecule has 1 unspecified atom stereocenters. The third-order valence-corrected chi connectivity index (χ3v) is 3.74. The molecule has 0 spiro atoms. The molecule has 0 saturated heterocycles. The number of carbonyl (C=O) groups excluding carboxylic acids is 2. The molecule has 0 bridgehead atoms. The summed E-state index contributed by atoms with van der Waals surface area (Å²) in [6.45, 7) is 4.14. The zero-order valence-corrected chi connectivity index (χ0v) is 14.0. The van der Waals surface area contributed by atoms with Crippen LogP contribution in [0.25, 0.3) is 0 Å². The Labute approximate surface area is 142 Å². The first-order valence-corrected chi connectivity index (χ1v) is 8.06. The molecule has 0 aromatic heterocycles. The van der Waals surface area contributed by atoms with Crippen LogP contribution in [0.2, 0.25) is 0 Å². The summed E-state index contributed by atoms with van der Waals surface area (Å²) in [6, 6.07) is 16.9. The Kier molecular flexibility index (Phi) is 6.37. The zero-order valence-electron chi connectivity index (χ0n) is 14.0. The van der Waals surface area contributed by atoms with Crippen molar-refractivity contribution in [3.63, 3.8) is 0 Å². The number of hydrogen-bond acceptors (Lipinski definition) is 2. The van der Waals surface area contributed by atoms with Crippen molar-refractivity contribution in [2.75, 3.05) is 17.2 Å². The predicted octanol–water partition coefficient (Wildman–Crippen LogP) is 3.96. The van der Waals surface area contributed by atoms with Crippen LogP contribution in [0, 0.1) is 0 Å². The molecule has 3 amide bonds. The number of rotatable bonds is 6. The smallest absolute Gasteiger partial charge is 0.319 e. The molecular formula is C19H23N3O2. The molecule has 5 nitrogen and oxygen atoms in total. The quantitative estimate of drug-likeness (QED) is 0.752. The SMILES string of the molecule is CCC(CNC(=O)Nc1ccc(NC(C)=O)cc1)c1ccccc1. The highest BCUT2D eigenvalue weighted by molar-refractivity contribution is 5.91. The largest absolute Gasteiger partial charge is 0.337 e. The van der Waals surface area contributed by atoms with Gasteiger partial charge in [0.05, 0.1) is 0 Å². The van der Waals surface area contributed by atoms with Crippen LogP contribution < -0.4 is 16.0 Å². The van der Waals surface area contributed by atoms with E-state index in [1.165, 1.54) is 12.5 Å². The second kappa shape index (κ2) is 8.72. The van der Waals surface area contributed by atoms with Gasteiger partial charge >= 0.3 is 6.03 Å². The molecule has 2 rings (SSSR count). The molecule has 0 saturated carbocycles. The van der Waals surface area contributed by atoms with Gasteiger partial charge in [0.25, 0.3) is 0 Å². The fraction of sp³-hybridized carbons (Fsp3) is 0.263. The second-order valence-corrected chi connectivity index (χ2v) is 5.61. The van der Waals surface area contributed by atoms with Gasteiger partial charge in [-0.1, -0.05) is 37.3 Å².